The van der Waals surface area contributed by atoms with Crippen LogP contribution in [0.5, 0.6) is 17.2 Å². The maximum absolute atomic E-state index is 12.7. The Bertz CT molecular complexity index is 1520. The monoisotopic (exact) mass is 655 g/mol. The van der Waals surface area contributed by atoms with Gasteiger partial charge in [-0.15, -0.1) is 0 Å². The molecule has 3 aromatic rings. The van der Waals surface area contributed by atoms with E-state index in [4.69, 9.17) is 37.4 Å². The average Bonchev–Trinajstić information content (AvgIpc) is 3.01. The molecule has 3 aromatic carbocycles. The van der Waals surface area contributed by atoms with Crippen molar-refractivity contribution in [2.24, 2.45) is 11.8 Å². The molecule has 45 heavy (non-hydrogen) atoms. The Hall–Kier alpha value is -3.95. The molecule has 0 aliphatic heterocycles. The van der Waals surface area contributed by atoms with Crippen LogP contribution in [0.4, 0.5) is 5.69 Å². The van der Waals surface area contributed by atoms with E-state index in [1.165, 1.54) is 74.9 Å². The summed E-state index contributed by atoms with van der Waals surface area (Å²) in [5.41, 5.74) is -0.121. The van der Waals surface area contributed by atoms with Gasteiger partial charge in [-0.3, -0.25) is 14.9 Å². The number of unbranched alkanes of at least 4 members (excludes halogenated alkanes) is 4. The molecule has 1 aliphatic rings. The van der Waals surface area contributed by atoms with Gasteiger partial charge in [0.25, 0.3) is 5.69 Å². The quantitative estimate of drug-likeness (QED) is 0.0586. The van der Waals surface area contributed by atoms with Crippen molar-refractivity contribution in [2.75, 3.05) is 0 Å². The Kier molecular flexibility index (Phi) is 12.4. The molecule has 238 valence electrons. The molecule has 9 nitrogen and oxygen atoms in total. The van der Waals surface area contributed by atoms with E-state index < -0.39 is 16.9 Å². The fourth-order valence-electron chi connectivity index (χ4n) is 5.33. The van der Waals surface area contributed by atoms with Gasteiger partial charge in [0.1, 0.15) is 22.3 Å². The molecule has 0 N–H and O–H groups in total. The van der Waals surface area contributed by atoms with Crippen molar-refractivity contribution in [3.63, 3.8) is 0 Å². The molecular formula is C34H35Cl2NO8. The highest BCUT2D eigenvalue weighted by Crippen LogP contribution is 2.34. The van der Waals surface area contributed by atoms with Crippen LogP contribution in [0.15, 0.2) is 60.7 Å². The molecule has 0 spiro atoms. The molecule has 0 atom stereocenters. The maximum atomic E-state index is 12.7. The lowest BCUT2D eigenvalue weighted by Crippen LogP contribution is -2.25. The van der Waals surface area contributed by atoms with Crippen molar-refractivity contribution in [1.29, 1.82) is 0 Å². The molecule has 1 fully saturated rings. The van der Waals surface area contributed by atoms with Crippen molar-refractivity contribution < 1.29 is 33.5 Å². The summed E-state index contributed by atoms with van der Waals surface area (Å²) in [5, 5.41) is 10.7. The first-order valence-corrected chi connectivity index (χ1v) is 15.9. The molecule has 0 amide bonds. The number of halogens is 2. The van der Waals surface area contributed by atoms with E-state index >= 15 is 0 Å². The second-order valence-electron chi connectivity index (χ2n) is 11.2. The van der Waals surface area contributed by atoms with Gasteiger partial charge < -0.3 is 14.2 Å². The Morgan fingerprint density at radius 2 is 1.36 bits per heavy atom. The number of hydrogen-bond acceptors (Lipinski definition) is 8. The summed E-state index contributed by atoms with van der Waals surface area (Å²) in [6.45, 7) is 2.22. The van der Waals surface area contributed by atoms with E-state index in [9.17, 15) is 24.5 Å². The predicted molar refractivity (Wildman–Crippen MR) is 170 cm³/mol. The number of nitro groups is 1. The zero-order valence-corrected chi connectivity index (χ0v) is 26.5. The van der Waals surface area contributed by atoms with Gasteiger partial charge in [0.15, 0.2) is 0 Å². The Morgan fingerprint density at radius 1 is 0.756 bits per heavy atom. The number of nitro benzene ring substituents is 1. The van der Waals surface area contributed by atoms with Crippen molar-refractivity contribution in [3.8, 4) is 17.2 Å². The third kappa shape index (κ3) is 9.77. The smallest absolute Gasteiger partial charge is 0.345 e. The highest BCUT2D eigenvalue weighted by atomic mass is 35.5. The lowest BCUT2D eigenvalue weighted by atomic mass is 9.80. The number of carbonyl (C=O) groups excluding carboxylic acids is 3. The highest BCUT2D eigenvalue weighted by molar-refractivity contribution is 6.34. The van der Waals surface area contributed by atoms with Crippen LogP contribution in [0.25, 0.3) is 0 Å². The first-order chi connectivity index (χ1) is 21.6. The van der Waals surface area contributed by atoms with Gasteiger partial charge in [-0.1, -0.05) is 68.7 Å². The van der Waals surface area contributed by atoms with Gasteiger partial charge in [-0.2, -0.15) is 0 Å². The number of carbonyl (C=O) groups is 3. The highest BCUT2D eigenvalue weighted by Gasteiger charge is 2.27. The van der Waals surface area contributed by atoms with Crippen LogP contribution in [-0.4, -0.2) is 22.8 Å². The maximum Gasteiger partial charge on any atom is 0.345 e. The fraction of sp³-hybridized carbons (Fsp3) is 0.382. The second kappa shape index (κ2) is 16.4. The Labute approximate surface area is 271 Å². The summed E-state index contributed by atoms with van der Waals surface area (Å²) in [6, 6.07) is 13.6. The Morgan fingerprint density at radius 3 is 1.98 bits per heavy atom. The van der Waals surface area contributed by atoms with E-state index in [0.29, 0.717) is 11.7 Å². The molecule has 0 bridgehead atoms. The third-order valence-electron chi connectivity index (χ3n) is 7.90. The minimum atomic E-state index is -0.834. The second-order valence-corrected chi connectivity index (χ2v) is 12.0. The molecular weight excluding hydrogens is 621 g/mol. The predicted octanol–water partition coefficient (Wildman–Crippen LogP) is 9.41. The Balaban J connectivity index is 1.25. The third-order valence-corrected chi connectivity index (χ3v) is 8.52. The van der Waals surface area contributed by atoms with Gasteiger partial charge in [-0.25, -0.2) is 9.59 Å². The molecule has 0 aromatic heterocycles. The van der Waals surface area contributed by atoms with E-state index in [0.717, 1.165) is 37.8 Å². The largest absolute Gasteiger partial charge is 0.426 e. The topological polar surface area (TPSA) is 122 Å². The van der Waals surface area contributed by atoms with Crippen molar-refractivity contribution >= 4 is 46.8 Å². The summed E-state index contributed by atoms with van der Waals surface area (Å²) in [7, 11) is 0. The minimum Gasteiger partial charge on any atom is -0.426 e. The van der Waals surface area contributed by atoms with Crippen LogP contribution >= 0.6 is 23.2 Å². The van der Waals surface area contributed by atoms with Crippen LogP contribution in [0.1, 0.15) is 91.8 Å². The van der Waals surface area contributed by atoms with Crippen molar-refractivity contribution in [1.82, 2.24) is 0 Å². The SMILES string of the molecule is CCCCCCCC1CCC(C(=O)Oc2ccc(C(=O)Oc3ccc(C(=O)Oc4ccc([N+](=O)[O-])c(Cl)c4)c(Cl)c3)cc2)CC1. The van der Waals surface area contributed by atoms with Crippen LogP contribution in [0, 0.1) is 22.0 Å². The summed E-state index contributed by atoms with van der Waals surface area (Å²) >= 11 is 12.1. The zero-order chi connectivity index (χ0) is 32.3. The molecule has 11 heteroatoms. The van der Waals surface area contributed by atoms with Crippen LogP contribution < -0.4 is 14.2 Å². The molecule has 1 saturated carbocycles. The molecule has 0 heterocycles. The van der Waals surface area contributed by atoms with Crippen molar-refractivity contribution in [3.05, 3.63) is 92.0 Å². The van der Waals surface area contributed by atoms with Crippen LogP contribution in [0.3, 0.4) is 0 Å². The van der Waals surface area contributed by atoms with E-state index in [1.54, 1.807) is 12.1 Å². The normalized spacial score (nSPS) is 16.1. The number of nitrogens with zero attached hydrogens (tertiary/aromatic N) is 1. The lowest BCUT2D eigenvalue weighted by Gasteiger charge is -2.27. The molecule has 0 unspecified atom stereocenters. The lowest BCUT2D eigenvalue weighted by molar-refractivity contribution is -0.384. The first kappa shape index (κ1) is 33.9. The fourth-order valence-corrected chi connectivity index (χ4v) is 5.82. The van der Waals surface area contributed by atoms with Crippen LogP contribution in [0.2, 0.25) is 10.0 Å². The summed E-state index contributed by atoms with van der Waals surface area (Å²) in [6.07, 6.45) is 11.4. The van der Waals surface area contributed by atoms with Gasteiger partial charge >= 0.3 is 17.9 Å². The van der Waals surface area contributed by atoms with Gasteiger partial charge in [-0.05, 0) is 74.1 Å². The zero-order valence-electron chi connectivity index (χ0n) is 25.0. The number of rotatable bonds is 13. The van der Waals surface area contributed by atoms with Crippen LogP contribution in [-0.2, 0) is 4.79 Å². The summed E-state index contributed by atoms with van der Waals surface area (Å²) in [5.74, 6) is -0.719. The average molecular weight is 657 g/mol. The first-order valence-electron chi connectivity index (χ1n) is 15.1. The molecule has 4 rings (SSSR count). The minimum absolute atomic E-state index is 0.00725. The number of esters is 3. The van der Waals surface area contributed by atoms with E-state index in [1.807, 2.05) is 0 Å². The molecule has 0 radical (unpaired) electrons. The van der Waals surface area contributed by atoms with Gasteiger partial charge in [0.2, 0.25) is 0 Å². The van der Waals surface area contributed by atoms with Gasteiger partial charge in [0.05, 0.1) is 27.0 Å². The molecule has 1 aliphatic carbocycles. The standard InChI is InChI=1S/C34H35Cl2NO8/c1-2-3-4-5-6-7-22-8-10-23(11-9-22)32(38)43-25-14-12-24(13-15-25)33(39)44-26-16-18-28(29(35)20-26)34(40)45-27-17-19-31(37(41)42)30(36)21-27/h12-23H,2-11H2,1H3. The van der Waals surface area contributed by atoms with E-state index in [-0.39, 0.29) is 50.2 Å². The van der Waals surface area contributed by atoms with Gasteiger partial charge in [0, 0.05) is 18.2 Å². The number of hydrogen-bond donors (Lipinski definition) is 0. The van der Waals surface area contributed by atoms with Crippen molar-refractivity contribution in [2.45, 2.75) is 71.1 Å². The van der Waals surface area contributed by atoms with E-state index in [2.05, 4.69) is 6.92 Å². The molecule has 0 saturated heterocycles. The summed E-state index contributed by atoms with van der Waals surface area (Å²) < 4.78 is 16.2. The summed E-state index contributed by atoms with van der Waals surface area (Å²) in [4.78, 5) is 48.3. The number of benzene rings is 3. The number of ether oxygens (including phenoxy) is 3.